The predicted molar refractivity (Wildman–Crippen MR) is 94.8 cm³/mol. The topological polar surface area (TPSA) is 42.7 Å². The Kier molecular flexibility index (Phi) is 5.31. The maximum absolute atomic E-state index is 4.86. The maximum atomic E-state index is 4.86. The second-order valence-electron chi connectivity index (χ2n) is 6.73. The molecule has 0 amide bonds. The molecule has 0 aliphatic heterocycles. The summed E-state index contributed by atoms with van der Waals surface area (Å²) < 4.78 is 2.12. The molecule has 4 heteroatoms. The van der Waals surface area contributed by atoms with E-state index in [2.05, 4.69) is 54.2 Å². The highest BCUT2D eigenvalue weighted by molar-refractivity contribution is 5.27. The minimum Gasteiger partial charge on any atom is -0.350 e. The quantitative estimate of drug-likeness (QED) is 0.848. The van der Waals surface area contributed by atoms with E-state index in [1.807, 2.05) is 0 Å². The van der Waals surface area contributed by atoms with Crippen LogP contribution in [-0.4, -0.2) is 20.8 Å². The average Bonchev–Trinajstić information content (AvgIpc) is 2.98. The summed E-state index contributed by atoms with van der Waals surface area (Å²) in [5, 5.41) is 8.20. The highest BCUT2D eigenvalue weighted by Crippen LogP contribution is 2.32. The largest absolute Gasteiger partial charge is 0.350 e. The standard InChI is InChI=1S/C19H28N4/c1-3-15(2)20-19-21-18(17-12-8-5-9-13-17)23(22-19)14-16-10-6-4-7-11-16/h4,6-7,10-11,15,17H,3,5,8-9,12-14H2,1-2H3,(H,20,22). The first kappa shape index (κ1) is 16.0. The van der Waals surface area contributed by atoms with Crippen molar-refractivity contribution in [1.82, 2.24) is 14.8 Å². The molecule has 1 saturated carbocycles. The lowest BCUT2D eigenvalue weighted by Gasteiger charge is -2.21. The summed E-state index contributed by atoms with van der Waals surface area (Å²) in [4.78, 5) is 4.86. The first-order valence-electron chi connectivity index (χ1n) is 9.01. The zero-order valence-corrected chi connectivity index (χ0v) is 14.3. The Bertz CT molecular complexity index is 599. The second-order valence-corrected chi connectivity index (χ2v) is 6.73. The van der Waals surface area contributed by atoms with Crippen molar-refractivity contribution in [1.29, 1.82) is 0 Å². The number of anilines is 1. The van der Waals surface area contributed by atoms with Crippen molar-refractivity contribution in [3.05, 3.63) is 41.7 Å². The van der Waals surface area contributed by atoms with Gasteiger partial charge in [-0.3, -0.25) is 0 Å². The summed E-state index contributed by atoms with van der Waals surface area (Å²) in [7, 11) is 0. The van der Waals surface area contributed by atoms with Crippen LogP contribution in [0.25, 0.3) is 0 Å². The molecule has 124 valence electrons. The molecule has 23 heavy (non-hydrogen) atoms. The average molecular weight is 312 g/mol. The molecule has 1 unspecified atom stereocenters. The summed E-state index contributed by atoms with van der Waals surface area (Å²) >= 11 is 0. The van der Waals surface area contributed by atoms with Gasteiger partial charge in [0.2, 0.25) is 5.95 Å². The van der Waals surface area contributed by atoms with Gasteiger partial charge >= 0.3 is 0 Å². The smallest absolute Gasteiger partial charge is 0.242 e. The van der Waals surface area contributed by atoms with Gasteiger partial charge in [-0.25, -0.2) is 4.68 Å². The molecule has 0 saturated heterocycles. The first-order valence-corrected chi connectivity index (χ1v) is 9.01. The van der Waals surface area contributed by atoms with Gasteiger partial charge in [0.05, 0.1) is 6.54 Å². The molecule has 1 atom stereocenters. The Morgan fingerprint density at radius 2 is 1.91 bits per heavy atom. The molecule has 1 aromatic carbocycles. The Morgan fingerprint density at radius 3 is 2.61 bits per heavy atom. The van der Waals surface area contributed by atoms with E-state index < -0.39 is 0 Å². The van der Waals surface area contributed by atoms with Gasteiger partial charge < -0.3 is 5.32 Å². The Morgan fingerprint density at radius 1 is 1.17 bits per heavy atom. The number of rotatable bonds is 6. The van der Waals surface area contributed by atoms with Crippen LogP contribution in [0.4, 0.5) is 5.95 Å². The summed E-state index contributed by atoms with van der Waals surface area (Å²) in [5.41, 5.74) is 1.28. The number of nitrogens with zero attached hydrogens (tertiary/aromatic N) is 3. The number of hydrogen-bond acceptors (Lipinski definition) is 3. The molecule has 0 bridgehead atoms. The van der Waals surface area contributed by atoms with Crippen LogP contribution in [0.15, 0.2) is 30.3 Å². The van der Waals surface area contributed by atoms with E-state index in [1.54, 1.807) is 0 Å². The Hall–Kier alpha value is -1.84. The summed E-state index contributed by atoms with van der Waals surface area (Å²) in [6.07, 6.45) is 7.56. The third-order valence-corrected chi connectivity index (χ3v) is 4.83. The third kappa shape index (κ3) is 4.12. The molecule has 1 aromatic heterocycles. The molecule has 0 radical (unpaired) electrons. The minimum atomic E-state index is 0.404. The molecule has 1 aliphatic rings. The van der Waals surface area contributed by atoms with Gasteiger partial charge in [-0.05, 0) is 31.7 Å². The van der Waals surface area contributed by atoms with Crippen LogP contribution in [0.5, 0.6) is 0 Å². The van der Waals surface area contributed by atoms with E-state index in [9.17, 15) is 0 Å². The second kappa shape index (κ2) is 7.62. The summed E-state index contributed by atoms with van der Waals surface area (Å²) in [6, 6.07) is 11.0. The van der Waals surface area contributed by atoms with Crippen molar-refractivity contribution in [3.63, 3.8) is 0 Å². The molecule has 1 N–H and O–H groups in total. The van der Waals surface area contributed by atoms with Crippen LogP contribution in [-0.2, 0) is 6.54 Å². The molecule has 1 fully saturated rings. The van der Waals surface area contributed by atoms with Crippen molar-refractivity contribution in [2.75, 3.05) is 5.32 Å². The third-order valence-electron chi connectivity index (χ3n) is 4.83. The van der Waals surface area contributed by atoms with E-state index >= 15 is 0 Å². The van der Waals surface area contributed by atoms with Crippen LogP contribution < -0.4 is 5.32 Å². The SMILES string of the molecule is CCC(C)Nc1nc(C2CCCCC2)n(Cc2ccccc2)n1. The lowest BCUT2D eigenvalue weighted by Crippen LogP contribution is -2.14. The summed E-state index contributed by atoms with van der Waals surface area (Å²) in [5.74, 6) is 2.52. The van der Waals surface area contributed by atoms with Gasteiger partial charge in [0.1, 0.15) is 5.82 Å². The molecule has 2 aromatic rings. The lowest BCUT2D eigenvalue weighted by atomic mass is 9.88. The van der Waals surface area contributed by atoms with Gasteiger partial charge in [0.25, 0.3) is 0 Å². The van der Waals surface area contributed by atoms with Gasteiger partial charge in [0.15, 0.2) is 0 Å². The molecule has 4 nitrogen and oxygen atoms in total. The minimum absolute atomic E-state index is 0.404. The Balaban J connectivity index is 1.84. The van der Waals surface area contributed by atoms with Gasteiger partial charge in [-0.15, -0.1) is 5.10 Å². The van der Waals surface area contributed by atoms with E-state index in [0.717, 1.165) is 18.9 Å². The highest BCUT2D eigenvalue weighted by atomic mass is 15.4. The van der Waals surface area contributed by atoms with Crippen molar-refractivity contribution < 1.29 is 0 Å². The van der Waals surface area contributed by atoms with Crippen molar-refractivity contribution in [2.45, 2.75) is 70.9 Å². The van der Waals surface area contributed by atoms with Crippen LogP contribution in [0.3, 0.4) is 0 Å². The predicted octanol–water partition coefficient (Wildman–Crippen LogP) is 4.58. The fraction of sp³-hybridized carbons (Fsp3) is 0.579. The Labute approximate surface area is 139 Å². The molecule has 1 aliphatic carbocycles. The van der Waals surface area contributed by atoms with Crippen LogP contribution in [0.2, 0.25) is 0 Å². The van der Waals surface area contributed by atoms with E-state index in [0.29, 0.717) is 12.0 Å². The number of aromatic nitrogens is 3. The van der Waals surface area contributed by atoms with Crippen LogP contribution in [0.1, 0.15) is 69.7 Å². The van der Waals surface area contributed by atoms with Gasteiger partial charge in [-0.2, -0.15) is 4.98 Å². The normalized spacial score (nSPS) is 17.1. The van der Waals surface area contributed by atoms with Crippen molar-refractivity contribution in [2.24, 2.45) is 0 Å². The van der Waals surface area contributed by atoms with Gasteiger partial charge in [-0.1, -0.05) is 56.5 Å². The molecule has 0 spiro atoms. The van der Waals surface area contributed by atoms with E-state index in [1.165, 1.54) is 43.5 Å². The van der Waals surface area contributed by atoms with Crippen LogP contribution in [0, 0.1) is 0 Å². The first-order chi connectivity index (χ1) is 11.3. The van der Waals surface area contributed by atoms with Crippen molar-refractivity contribution in [3.8, 4) is 0 Å². The molecular weight excluding hydrogens is 284 g/mol. The zero-order chi connectivity index (χ0) is 16.1. The highest BCUT2D eigenvalue weighted by Gasteiger charge is 2.23. The van der Waals surface area contributed by atoms with Crippen molar-refractivity contribution >= 4 is 5.95 Å². The van der Waals surface area contributed by atoms with Crippen LogP contribution >= 0.6 is 0 Å². The lowest BCUT2D eigenvalue weighted by molar-refractivity contribution is 0.412. The number of nitrogens with one attached hydrogen (secondary N) is 1. The zero-order valence-electron chi connectivity index (χ0n) is 14.3. The maximum Gasteiger partial charge on any atom is 0.242 e. The fourth-order valence-electron chi connectivity index (χ4n) is 3.27. The monoisotopic (exact) mass is 312 g/mol. The molecule has 3 rings (SSSR count). The molecular formula is C19H28N4. The fourth-order valence-corrected chi connectivity index (χ4v) is 3.27. The number of hydrogen-bond donors (Lipinski definition) is 1. The van der Waals surface area contributed by atoms with Gasteiger partial charge in [0, 0.05) is 12.0 Å². The van der Waals surface area contributed by atoms with E-state index in [4.69, 9.17) is 10.1 Å². The van der Waals surface area contributed by atoms with E-state index in [-0.39, 0.29) is 0 Å². The number of benzene rings is 1. The molecule has 1 heterocycles. The summed E-state index contributed by atoms with van der Waals surface area (Å²) in [6.45, 7) is 5.17.